The number of thiazole rings is 1. The first kappa shape index (κ1) is 9.83. The number of aromatic nitrogens is 1. The van der Waals surface area contributed by atoms with Crippen LogP contribution in [-0.2, 0) is 6.42 Å². The molecule has 0 aliphatic rings. The summed E-state index contributed by atoms with van der Waals surface area (Å²) in [5.41, 5.74) is 0. The molecule has 1 heterocycles. The first-order valence-electron chi connectivity index (χ1n) is 3.70. The average Bonchev–Trinajstić information content (AvgIpc) is 2.29. The number of H-pyrrole nitrogens is 1. The van der Waals surface area contributed by atoms with Gasteiger partial charge in [-0.3, -0.25) is 9.10 Å². The van der Waals surface area contributed by atoms with Gasteiger partial charge in [0.1, 0.15) is 5.03 Å². The lowest BCUT2D eigenvalue weighted by molar-refractivity contribution is 0.699. The summed E-state index contributed by atoms with van der Waals surface area (Å²) in [6, 6.07) is 0. The number of nitrogens with zero attached hydrogens (tertiary/aromatic N) is 1. The molecule has 1 N–H and O–H groups in total. The van der Waals surface area contributed by atoms with Gasteiger partial charge in [-0.15, -0.1) is 0 Å². The minimum atomic E-state index is 0.0381. The third-order valence-corrected chi connectivity index (χ3v) is 3.33. The molecular weight excluding hydrogens is 192 g/mol. The molecule has 0 bridgehead atoms. The summed E-state index contributed by atoms with van der Waals surface area (Å²) in [7, 11) is 3.92. The molecule has 0 aliphatic heterocycles. The predicted molar refractivity (Wildman–Crippen MR) is 53.9 cm³/mol. The maximum absolute atomic E-state index is 11.0. The van der Waals surface area contributed by atoms with Crippen LogP contribution in [-0.4, -0.2) is 23.4 Å². The molecule has 5 heteroatoms. The minimum Gasteiger partial charge on any atom is -0.306 e. The predicted octanol–water partition coefficient (Wildman–Crippen LogP) is 1.57. The highest BCUT2D eigenvalue weighted by Crippen LogP contribution is 2.23. The molecule has 12 heavy (non-hydrogen) atoms. The Kier molecular flexibility index (Phi) is 3.37. The lowest BCUT2D eigenvalue weighted by Gasteiger charge is -2.06. The molecule has 0 atom stereocenters. The second-order valence-corrected chi connectivity index (χ2v) is 4.91. The van der Waals surface area contributed by atoms with E-state index in [1.165, 1.54) is 11.3 Å². The third-order valence-electron chi connectivity index (χ3n) is 1.28. The highest BCUT2D eigenvalue weighted by Gasteiger charge is 2.07. The number of hydrogen-bond donors (Lipinski definition) is 1. The zero-order chi connectivity index (χ0) is 9.14. The summed E-state index contributed by atoms with van der Waals surface area (Å²) in [5, 5.41) is 0.984. The Hall–Kier alpha value is -0.260. The van der Waals surface area contributed by atoms with E-state index in [-0.39, 0.29) is 4.87 Å². The van der Waals surface area contributed by atoms with Crippen LogP contribution in [0, 0.1) is 0 Å². The third kappa shape index (κ3) is 2.36. The van der Waals surface area contributed by atoms with Crippen LogP contribution in [0.1, 0.15) is 11.8 Å². The van der Waals surface area contributed by atoms with Crippen molar-refractivity contribution >= 4 is 23.3 Å². The van der Waals surface area contributed by atoms with Crippen LogP contribution in [0.4, 0.5) is 0 Å². The van der Waals surface area contributed by atoms with E-state index in [1.54, 1.807) is 11.9 Å². The highest BCUT2D eigenvalue weighted by atomic mass is 32.2. The van der Waals surface area contributed by atoms with Crippen molar-refractivity contribution in [1.29, 1.82) is 0 Å². The largest absolute Gasteiger partial charge is 0.306 e. The SMILES string of the molecule is CCc1sc(=O)[nH]c1SN(C)C. The molecule has 1 aromatic heterocycles. The quantitative estimate of drug-likeness (QED) is 0.759. The lowest BCUT2D eigenvalue weighted by Crippen LogP contribution is -2.01. The van der Waals surface area contributed by atoms with Crippen molar-refractivity contribution in [2.45, 2.75) is 18.4 Å². The standard InChI is InChI=1S/C7H12N2OS2/c1-4-5-6(12-9(2)3)8-7(10)11-5/h4H2,1-3H3,(H,8,10). The van der Waals surface area contributed by atoms with E-state index in [9.17, 15) is 4.79 Å². The summed E-state index contributed by atoms with van der Waals surface area (Å²) in [6.45, 7) is 2.05. The van der Waals surface area contributed by atoms with Gasteiger partial charge in [-0.1, -0.05) is 18.3 Å². The molecule has 0 saturated carbocycles. The summed E-state index contributed by atoms with van der Waals surface area (Å²) in [5.74, 6) is 0. The first-order valence-corrected chi connectivity index (χ1v) is 5.29. The molecule has 0 saturated heterocycles. The summed E-state index contributed by atoms with van der Waals surface area (Å²) in [6.07, 6.45) is 0.916. The van der Waals surface area contributed by atoms with Gasteiger partial charge in [-0.25, -0.2) is 0 Å². The molecule has 0 fully saturated rings. The van der Waals surface area contributed by atoms with E-state index in [0.717, 1.165) is 16.3 Å². The van der Waals surface area contributed by atoms with Gasteiger partial charge in [-0.2, -0.15) is 0 Å². The molecule has 1 aromatic rings. The zero-order valence-corrected chi connectivity index (χ0v) is 9.01. The van der Waals surface area contributed by atoms with Gasteiger partial charge in [0.05, 0.1) is 0 Å². The zero-order valence-electron chi connectivity index (χ0n) is 7.38. The minimum absolute atomic E-state index is 0.0381. The maximum Gasteiger partial charge on any atom is 0.305 e. The monoisotopic (exact) mass is 204 g/mol. The Balaban J connectivity index is 2.89. The molecule has 68 valence electrons. The Morgan fingerprint density at radius 1 is 1.58 bits per heavy atom. The van der Waals surface area contributed by atoms with Crippen molar-refractivity contribution in [3.8, 4) is 0 Å². The Morgan fingerprint density at radius 3 is 2.75 bits per heavy atom. The molecule has 0 spiro atoms. The molecule has 0 radical (unpaired) electrons. The van der Waals surface area contributed by atoms with Gasteiger partial charge in [0.25, 0.3) is 0 Å². The second-order valence-electron chi connectivity index (χ2n) is 2.52. The Bertz CT molecular complexity index is 303. The van der Waals surface area contributed by atoms with Gasteiger partial charge >= 0.3 is 4.87 Å². The van der Waals surface area contributed by atoms with Crippen molar-refractivity contribution in [2.75, 3.05) is 14.1 Å². The number of hydrogen-bond acceptors (Lipinski definition) is 4. The second kappa shape index (κ2) is 4.11. The normalized spacial score (nSPS) is 11.0. The van der Waals surface area contributed by atoms with E-state index in [0.29, 0.717) is 0 Å². The number of aryl methyl sites for hydroxylation is 1. The van der Waals surface area contributed by atoms with Gasteiger partial charge in [-0.05, 0) is 32.5 Å². The topological polar surface area (TPSA) is 36.1 Å². The van der Waals surface area contributed by atoms with Crippen molar-refractivity contribution in [1.82, 2.24) is 9.29 Å². The number of rotatable bonds is 3. The van der Waals surface area contributed by atoms with Crippen LogP contribution in [0.15, 0.2) is 9.82 Å². The van der Waals surface area contributed by atoms with Crippen LogP contribution in [0.25, 0.3) is 0 Å². The van der Waals surface area contributed by atoms with E-state index in [2.05, 4.69) is 11.9 Å². The molecule has 0 amide bonds. The van der Waals surface area contributed by atoms with Crippen molar-refractivity contribution in [3.63, 3.8) is 0 Å². The van der Waals surface area contributed by atoms with Crippen LogP contribution < -0.4 is 4.87 Å². The Morgan fingerprint density at radius 2 is 2.25 bits per heavy atom. The van der Waals surface area contributed by atoms with Crippen molar-refractivity contribution < 1.29 is 0 Å². The van der Waals surface area contributed by atoms with Crippen LogP contribution in [0.2, 0.25) is 0 Å². The van der Waals surface area contributed by atoms with Crippen LogP contribution in [0.3, 0.4) is 0 Å². The first-order chi connectivity index (χ1) is 5.63. The van der Waals surface area contributed by atoms with E-state index in [1.807, 2.05) is 18.4 Å². The van der Waals surface area contributed by atoms with Crippen molar-refractivity contribution in [3.05, 3.63) is 14.5 Å². The fraction of sp³-hybridized carbons (Fsp3) is 0.571. The van der Waals surface area contributed by atoms with Gasteiger partial charge < -0.3 is 4.98 Å². The number of nitrogens with one attached hydrogen (secondary N) is 1. The van der Waals surface area contributed by atoms with E-state index < -0.39 is 0 Å². The summed E-state index contributed by atoms with van der Waals surface area (Å²) in [4.78, 5) is 15.0. The lowest BCUT2D eigenvalue weighted by atomic mass is 10.4. The molecule has 1 rings (SSSR count). The average molecular weight is 204 g/mol. The maximum atomic E-state index is 11.0. The molecular formula is C7H12N2OS2. The smallest absolute Gasteiger partial charge is 0.305 e. The van der Waals surface area contributed by atoms with Gasteiger partial charge in [0.2, 0.25) is 0 Å². The number of aromatic amines is 1. The van der Waals surface area contributed by atoms with E-state index >= 15 is 0 Å². The fourth-order valence-electron chi connectivity index (χ4n) is 0.835. The molecule has 3 nitrogen and oxygen atoms in total. The Labute approximate surface area is 79.9 Å². The van der Waals surface area contributed by atoms with E-state index in [4.69, 9.17) is 0 Å². The van der Waals surface area contributed by atoms with Gasteiger partial charge in [0, 0.05) is 4.88 Å². The fourth-order valence-corrected chi connectivity index (χ4v) is 2.55. The van der Waals surface area contributed by atoms with Crippen LogP contribution in [0.5, 0.6) is 0 Å². The van der Waals surface area contributed by atoms with Gasteiger partial charge in [0.15, 0.2) is 0 Å². The molecule has 0 aromatic carbocycles. The molecule has 0 aliphatic carbocycles. The summed E-state index contributed by atoms with van der Waals surface area (Å²) >= 11 is 2.86. The van der Waals surface area contributed by atoms with Crippen LogP contribution >= 0.6 is 23.3 Å². The van der Waals surface area contributed by atoms with Crippen molar-refractivity contribution in [2.24, 2.45) is 0 Å². The highest BCUT2D eigenvalue weighted by molar-refractivity contribution is 7.97. The molecule has 0 unspecified atom stereocenters. The summed E-state index contributed by atoms with van der Waals surface area (Å²) < 4.78 is 1.97.